The predicted octanol–water partition coefficient (Wildman–Crippen LogP) is 3.22. The molecule has 2 rings (SSSR count). The summed E-state index contributed by atoms with van der Waals surface area (Å²) in [5.74, 6) is -2.38. The molecule has 0 aliphatic heterocycles. The highest BCUT2D eigenvalue weighted by Gasteiger charge is 2.23. The molecule has 8 heteroatoms. The molecule has 0 saturated heterocycles. The molecule has 2 aromatic rings. The molecule has 1 amide bonds. The van der Waals surface area contributed by atoms with Crippen molar-refractivity contribution < 1.29 is 22.0 Å². The Kier molecular flexibility index (Phi) is 6.33. The molecule has 1 N–H and O–H groups in total. The first-order chi connectivity index (χ1) is 12.5. The summed E-state index contributed by atoms with van der Waals surface area (Å²) in [6.07, 6.45) is 0. The van der Waals surface area contributed by atoms with Crippen molar-refractivity contribution in [2.24, 2.45) is 0 Å². The number of nitrogens with zero attached hydrogens (tertiary/aromatic N) is 1. The maximum atomic E-state index is 14.0. The van der Waals surface area contributed by atoms with Gasteiger partial charge in [0.2, 0.25) is 15.9 Å². The normalized spacial score (nSPS) is 11.5. The molecule has 0 unspecified atom stereocenters. The number of halogens is 2. The van der Waals surface area contributed by atoms with E-state index in [2.05, 4.69) is 4.72 Å². The molecule has 2 aromatic carbocycles. The van der Waals surface area contributed by atoms with Crippen LogP contribution in [0.25, 0.3) is 0 Å². The van der Waals surface area contributed by atoms with Gasteiger partial charge in [0.15, 0.2) is 0 Å². The quantitative estimate of drug-likeness (QED) is 0.815. The van der Waals surface area contributed by atoms with Crippen LogP contribution >= 0.6 is 0 Å². The van der Waals surface area contributed by atoms with Gasteiger partial charge in [-0.1, -0.05) is 23.8 Å². The summed E-state index contributed by atoms with van der Waals surface area (Å²) in [4.78, 5) is 12.9. The van der Waals surface area contributed by atoms with Crippen LogP contribution < -0.4 is 9.62 Å². The van der Waals surface area contributed by atoms with E-state index >= 15 is 0 Å². The highest BCUT2D eigenvalue weighted by Crippen LogP contribution is 2.24. The maximum Gasteiger partial charge on any atom is 0.241 e. The van der Waals surface area contributed by atoms with Crippen LogP contribution in [0.4, 0.5) is 14.5 Å². The van der Waals surface area contributed by atoms with Gasteiger partial charge in [0.05, 0.1) is 4.90 Å². The first-order valence-electron chi connectivity index (χ1n) is 8.34. The zero-order valence-corrected chi connectivity index (χ0v) is 16.5. The molecule has 0 aliphatic carbocycles. The SMILES string of the molecule is CC(=O)N(CCNS(=O)(=O)c1c(C)cc(C)cc1C)c1c(F)cccc1F. The Morgan fingerprint density at radius 2 is 1.59 bits per heavy atom. The van der Waals surface area contributed by atoms with E-state index in [0.717, 1.165) is 29.5 Å². The summed E-state index contributed by atoms with van der Waals surface area (Å²) in [7, 11) is -3.84. The lowest BCUT2D eigenvalue weighted by Crippen LogP contribution is -2.38. The molecule has 0 saturated carbocycles. The van der Waals surface area contributed by atoms with Crippen LogP contribution in [0.5, 0.6) is 0 Å². The van der Waals surface area contributed by atoms with Crippen LogP contribution in [-0.4, -0.2) is 27.4 Å². The largest absolute Gasteiger partial charge is 0.306 e. The highest BCUT2D eigenvalue weighted by molar-refractivity contribution is 7.89. The Balaban J connectivity index is 2.22. The van der Waals surface area contributed by atoms with E-state index in [9.17, 15) is 22.0 Å². The summed E-state index contributed by atoms with van der Waals surface area (Å²) in [5, 5.41) is 0. The fraction of sp³-hybridized carbons (Fsp3) is 0.316. The van der Waals surface area contributed by atoms with Crippen molar-refractivity contribution in [2.45, 2.75) is 32.6 Å². The number of aryl methyl sites for hydroxylation is 3. The smallest absolute Gasteiger partial charge is 0.241 e. The van der Waals surface area contributed by atoms with E-state index in [1.165, 1.54) is 6.07 Å². The van der Waals surface area contributed by atoms with E-state index in [1.54, 1.807) is 26.0 Å². The van der Waals surface area contributed by atoms with Crippen molar-refractivity contribution in [2.75, 3.05) is 18.0 Å². The van der Waals surface area contributed by atoms with Gasteiger partial charge in [-0.05, 0) is 44.0 Å². The predicted molar refractivity (Wildman–Crippen MR) is 100 cm³/mol. The molecule has 0 aromatic heterocycles. The molecule has 0 aliphatic rings. The third-order valence-electron chi connectivity index (χ3n) is 4.09. The lowest BCUT2D eigenvalue weighted by molar-refractivity contribution is -0.116. The average Bonchev–Trinajstić information content (AvgIpc) is 2.51. The van der Waals surface area contributed by atoms with Crippen molar-refractivity contribution in [1.82, 2.24) is 4.72 Å². The molecular weight excluding hydrogens is 374 g/mol. The zero-order chi connectivity index (χ0) is 20.4. The number of amides is 1. The molecule has 0 atom stereocenters. The van der Waals surface area contributed by atoms with Gasteiger partial charge in [-0.2, -0.15) is 0 Å². The molecule has 0 bridgehead atoms. The lowest BCUT2D eigenvalue weighted by Gasteiger charge is -2.22. The number of nitrogens with one attached hydrogen (secondary N) is 1. The number of hydrogen-bond acceptors (Lipinski definition) is 3. The second-order valence-electron chi connectivity index (χ2n) is 6.37. The first-order valence-corrected chi connectivity index (χ1v) is 9.82. The first kappa shape index (κ1) is 21.0. The number of para-hydroxylation sites is 1. The van der Waals surface area contributed by atoms with Crippen molar-refractivity contribution in [3.8, 4) is 0 Å². The summed E-state index contributed by atoms with van der Waals surface area (Å²) >= 11 is 0. The summed E-state index contributed by atoms with van der Waals surface area (Å²) in [6, 6.07) is 6.80. The number of carbonyl (C=O) groups is 1. The van der Waals surface area contributed by atoms with E-state index in [-0.39, 0.29) is 18.0 Å². The van der Waals surface area contributed by atoms with Gasteiger partial charge in [0, 0.05) is 20.0 Å². The Labute approximate surface area is 158 Å². The van der Waals surface area contributed by atoms with Crippen molar-refractivity contribution in [3.05, 3.63) is 58.7 Å². The molecule has 0 spiro atoms. The third-order valence-corrected chi connectivity index (χ3v) is 5.85. The van der Waals surface area contributed by atoms with Crippen LogP contribution in [0.15, 0.2) is 35.2 Å². The number of hydrogen-bond donors (Lipinski definition) is 1. The minimum atomic E-state index is -3.84. The van der Waals surface area contributed by atoms with Crippen LogP contribution in [-0.2, 0) is 14.8 Å². The Morgan fingerprint density at radius 1 is 1.07 bits per heavy atom. The number of carbonyl (C=O) groups excluding carboxylic acids is 1. The topological polar surface area (TPSA) is 66.5 Å². The highest BCUT2D eigenvalue weighted by atomic mass is 32.2. The fourth-order valence-electron chi connectivity index (χ4n) is 3.13. The molecule has 0 heterocycles. The standard InChI is InChI=1S/C19H22F2N2O3S/c1-12-10-13(2)19(14(3)11-12)27(25,26)22-8-9-23(15(4)24)18-16(20)6-5-7-17(18)21/h5-7,10-11,22H,8-9H2,1-4H3. The van der Waals surface area contributed by atoms with Crippen molar-refractivity contribution in [1.29, 1.82) is 0 Å². The fourth-order valence-corrected chi connectivity index (χ4v) is 4.60. The Morgan fingerprint density at radius 3 is 2.07 bits per heavy atom. The monoisotopic (exact) mass is 396 g/mol. The Bertz CT molecular complexity index is 932. The number of benzene rings is 2. The average molecular weight is 396 g/mol. The summed E-state index contributed by atoms with van der Waals surface area (Å²) in [6.45, 7) is 6.03. The van der Waals surface area contributed by atoms with E-state index in [0.29, 0.717) is 11.1 Å². The molecule has 27 heavy (non-hydrogen) atoms. The molecule has 146 valence electrons. The molecule has 5 nitrogen and oxygen atoms in total. The van der Waals surface area contributed by atoms with Crippen LogP contribution in [0.2, 0.25) is 0 Å². The lowest BCUT2D eigenvalue weighted by atomic mass is 10.1. The zero-order valence-electron chi connectivity index (χ0n) is 15.6. The van der Waals surface area contributed by atoms with Crippen LogP contribution in [0, 0.1) is 32.4 Å². The van der Waals surface area contributed by atoms with Crippen molar-refractivity contribution in [3.63, 3.8) is 0 Å². The number of anilines is 1. The van der Waals surface area contributed by atoms with Gasteiger partial charge in [0.25, 0.3) is 0 Å². The van der Waals surface area contributed by atoms with E-state index in [4.69, 9.17) is 0 Å². The second-order valence-corrected chi connectivity index (χ2v) is 8.07. The minimum Gasteiger partial charge on any atom is -0.306 e. The molecular formula is C19H22F2N2O3S. The Hall–Kier alpha value is -2.32. The van der Waals surface area contributed by atoms with Gasteiger partial charge in [0.1, 0.15) is 17.3 Å². The van der Waals surface area contributed by atoms with Gasteiger partial charge < -0.3 is 4.90 Å². The van der Waals surface area contributed by atoms with Crippen molar-refractivity contribution >= 4 is 21.6 Å². The van der Waals surface area contributed by atoms with Crippen LogP contribution in [0.3, 0.4) is 0 Å². The van der Waals surface area contributed by atoms with E-state index in [1.807, 2.05) is 6.92 Å². The number of rotatable bonds is 6. The van der Waals surface area contributed by atoms with E-state index < -0.39 is 33.3 Å². The molecule has 0 fully saturated rings. The van der Waals surface area contributed by atoms with Gasteiger partial charge in [-0.3, -0.25) is 4.79 Å². The van der Waals surface area contributed by atoms with Crippen LogP contribution in [0.1, 0.15) is 23.6 Å². The van der Waals surface area contributed by atoms with Gasteiger partial charge in [-0.25, -0.2) is 21.9 Å². The second kappa shape index (κ2) is 8.14. The summed E-state index contributed by atoms with van der Waals surface area (Å²) < 4.78 is 55.6. The maximum absolute atomic E-state index is 14.0. The van der Waals surface area contributed by atoms with Gasteiger partial charge in [-0.15, -0.1) is 0 Å². The minimum absolute atomic E-state index is 0.166. The molecule has 0 radical (unpaired) electrons. The number of sulfonamides is 1. The van der Waals surface area contributed by atoms with Gasteiger partial charge >= 0.3 is 0 Å². The summed E-state index contributed by atoms with van der Waals surface area (Å²) in [5.41, 5.74) is 1.65. The third kappa shape index (κ3) is 4.70.